The number of hydrogen-bond acceptors (Lipinski definition) is 4. The minimum absolute atomic E-state index is 0.116. The number of carbonyl (C=O) groups excluding carboxylic acids is 2. The molecule has 7 nitrogen and oxygen atoms in total. The van der Waals surface area contributed by atoms with Crippen molar-refractivity contribution in [1.82, 2.24) is 20.4 Å². The number of urea groups is 1. The summed E-state index contributed by atoms with van der Waals surface area (Å²) in [5.41, 5.74) is 0. The van der Waals surface area contributed by atoms with Crippen molar-refractivity contribution in [3.8, 4) is 0 Å². The van der Waals surface area contributed by atoms with Crippen LogP contribution in [-0.2, 0) is 9.53 Å². The van der Waals surface area contributed by atoms with Crippen LogP contribution in [0, 0.1) is 5.92 Å². The molecule has 2 fully saturated rings. The molecule has 2 aliphatic heterocycles. The van der Waals surface area contributed by atoms with Gasteiger partial charge in [-0.15, -0.1) is 0 Å². The summed E-state index contributed by atoms with van der Waals surface area (Å²) in [6.07, 6.45) is 3.51. The fraction of sp³-hybridized carbons (Fsp3) is 0.889. The Hall–Kier alpha value is -1.34. The Morgan fingerprint density at radius 2 is 1.96 bits per heavy atom. The van der Waals surface area contributed by atoms with E-state index in [2.05, 4.69) is 29.4 Å². The van der Waals surface area contributed by atoms with Crippen LogP contribution in [0.25, 0.3) is 0 Å². The molecule has 0 saturated carbocycles. The number of nitrogens with zero attached hydrogens (tertiary/aromatic N) is 2. The van der Waals surface area contributed by atoms with Crippen LogP contribution >= 0.6 is 0 Å². The predicted molar refractivity (Wildman–Crippen MR) is 97.5 cm³/mol. The topological polar surface area (TPSA) is 73.9 Å². The molecular weight excluding hydrogens is 320 g/mol. The molecule has 0 aromatic rings. The van der Waals surface area contributed by atoms with Gasteiger partial charge in [0.05, 0.1) is 13.2 Å². The van der Waals surface area contributed by atoms with E-state index in [1.54, 1.807) is 0 Å². The molecular formula is C18H34N4O3. The normalized spacial score (nSPS) is 20.1. The minimum Gasteiger partial charge on any atom is -0.379 e. The molecule has 25 heavy (non-hydrogen) atoms. The second-order valence-corrected chi connectivity index (χ2v) is 7.41. The maximum atomic E-state index is 12.0. The number of morpholine rings is 1. The molecule has 0 spiro atoms. The molecule has 3 amide bonds. The van der Waals surface area contributed by atoms with E-state index in [0.29, 0.717) is 31.5 Å². The van der Waals surface area contributed by atoms with Crippen LogP contribution in [-0.4, -0.2) is 80.3 Å². The Kier molecular flexibility index (Phi) is 8.48. The van der Waals surface area contributed by atoms with Crippen molar-refractivity contribution in [2.75, 3.05) is 52.5 Å². The van der Waals surface area contributed by atoms with E-state index in [-0.39, 0.29) is 11.9 Å². The molecule has 0 radical (unpaired) electrons. The lowest BCUT2D eigenvalue weighted by atomic mass is 10.0. The van der Waals surface area contributed by atoms with Gasteiger partial charge in [-0.1, -0.05) is 13.8 Å². The zero-order valence-electron chi connectivity index (χ0n) is 15.8. The molecule has 2 rings (SSSR count). The first-order valence-electron chi connectivity index (χ1n) is 9.67. The van der Waals surface area contributed by atoms with E-state index in [0.717, 1.165) is 58.7 Å². The summed E-state index contributed by atoms with van der Waals surface area (Å²) in [6, 6.07) is 0.242. The first-order chi connectivity index (χ1) is 12.1. The molecule has 2 N–H and O–H groups in total. The van der Waals surface area contributed by atoms with Gasteiger partial charge in [-0.3, -0.25) is 9.69 Å². The monoisotopic (exact) mass is 354 g/mol. The summed E-state index contributed by atoms with van der Waals surface area (Å²) in [5, 5.41) is 5.91. The van der Waals surface area contributed by atoms with Crippen molar-refractivity contribution in [3.05, 3.63) is 0 Å². The van der Waals surface area contributed by atoms with Gasteiger partial charge in [-0.2, -0.15) is 0 Å². The highest BCUT2D eigenvalue weighted by Crippen LogP contribution is 2.13. The van der Waals surface area contributed by atoms with Crippen molar-refractivity contribution >= 4 is 11.9 Å². The Balaban J connectivity index is 1.62. The maximum Gasteiger partial charge on any atom is 0.314 e. The highest BCUT2D eigenvalue weighted by atomic mass is 16.5. The second-order valence-electron chi connectivity index (χ2n) is 7.41. The highest BCUT2D eigenvalue weighted by Gasteiger charge is 2.22. The highest BCUT2D eigenvalue weighted by molar-refractivity contribution is 5.78. The molecule has 1 unspecified atom stereocenters. The van der Waals surface area contributed by atoms with Crippen LogP contribution < -0.4 is 10.6 Å². The van der Waals surface area contributed by atoms with Gasteiger partial charge in [0.15, 0.2) is 0 Å². The molecule has 2 aliphatic rings. The standard InChI is InChI=1S/C18H34N4O3/c1-15(2)13-16(21-9-11-25-12-10-21)14-20-18(24)19-6-4-8-22-7-3-5-17(22)23/h15-16H,3-14H2,1-2H3,(H2,19,20,24). The average molecular weight is 354 g/mol. The van der Waals surface area contributed by atoms with Crippen LogP contribution in [0.3, 0.4) is 0 Å². The van der Waals surface area contributed by atoms with E-state index in [4.69, 9.17) is 4.74 Å². The van der Waals surface area contributed by atoms with Gasteiger partial charge in [0.1, 0.15) is 0 Å². The molecule has 2 heterocycles. The molecule has 2 saturated heterocycles. The van der Waals surface area contributed by atoms with Gasteiger partial charge in [0, 0.05) is 51.7 Å². The van der Waals surface area contributed by atoms with E-state index < -0.39 is 0 Å². The largest absolute Gasteiger partial charge is 0.379 e. The molecule has 1 atom stereocenters. The van der Waals surface area contributed by atoms with E-state index in [9.17, 15) is 9.59 Å². The van der Waals surface area contributed by atoms with E-state index in [1.807, 2.05) is 4.90 Å². The first kappa shape index (κ1) is 20.0. The molecule has 0 bridgehead atoms. The lowest BCUT2D eigenvalue weighted by molar-refractivity contribution is -0.127. The third-order valence-corrected chi connectivity index (χ3v) is 4.87. The molecule has 0 aromatic heterocycles. The minimum atomic E-state index is -0.116. The van der Waals surface area contributed by atoms with Crippen LogP contribution in [0.5, 0.6) is 0 Å². The van der Waals surface area contributed by atoms with E-state index >= 15 is 0 Å². The number of ether oxygens (including phenoxy) is 1. The lowest BCUT2D eigenvalue weighted by Crippen LogP contribution is -2.50. The van der Waals surface area contributed by atoms with Crippen molar-refractivity contribution in [2.24, 2.45) is 5.92 Å². The van der Waals surface area contributed by atoms with Gasteiger partial charge in [-0.05, 0) is 25.2 Å². The summed E-state index contributed by atoms with van der Waals surface area (Å²) in [5.74, 6) is 0.835. The summed E-state index contributed by atoms with van der Waals surface area (Å²) in [7, 11) is 0. The smallest absolute Gasteiger partial charge is 0.314 e. The SMILES string of the molecule is CC(C)CC(CNC(=O)NCCCN1CCCC1=O)N1CCOCC1. The Labute approximate surface area is 151 Å². The van der Waals surface area contributed by atoms with Crippen molar-refractivity contribution in [3.63, 3.8) is 0 Å². The van der Waals surface area contributed by atoms with Gasteiger partial charge in [0.2, 0.25) is 5.91 Å². The average Bonchev–Trinajstić information content (AvgIpc) is 3.01. The number of rotatable bonds is 9. The van der Waals surface area contributed by atoms with Crippen molar-refractivity contribution < 1.29 is 14.3 Å². The second kappa shape index (κ2) is 10.6. The molecule has 7 heteroatoms. The van der Waals surface area contributed by atoms with Gasteiger partial charge in [-0.25, -0.2) is 4.79 Å². The van der Waals surface area contributed by atoms with Crippen molar-refractivity contribution in [2.45, 2.75) is 45.6 Å². The predicted octanol–water partition coefficient (Wildman–Crippen LogP) is 1.05. The fourth-order valence-electron chi connectivity index (χ4n) is 3.53. The zero-order chi connectivity index (χ0) is 18.1. The molecule has 144 valence electrons. The maximum absolute atomic E-state index is 12.0. The van der Waals surface area contributed by atoms with Gasteiger partial charge < -0.3 is 20.3 Å². The number of likely N-dealkylation sites (tertiary alicyclic amines) is 1. The summed E-state index contributed by atoms with van der Waals surface area (Å²) in [4.78, 5) is 27.9. The first-order valence-corrected chi connectivity index (χ1v) is 9.67. The summed E-state index contributed by atoms with van der Waals surface area (Å²) < 4.78 is 5.43. The number of nitrogens with one attached hydrogen (secondary N) is 2. The Morgan fingerprint density at radius 1 is 1.20 bits per heavy atom. The van der Waals surface area contributed by atoms with Crippen LogP contribution in [0.1, 0.15) is 39.5 Å². The third-order valence-electron chi connectivity index (χ3n) is 4.87. The Bertz CT molecular complexity index is 425. The quantitative estimate of drug-likeness (QED) is 0.607. The van der Waals surface area contributed by atoms with E-state index in [1.165, 1.54) is 0 Å². The van der Waals surface area contributed by atoms with Crippen LogP contribution in [0.2, 0.25) is 0 Å². The van der Waals surface area contributed by atoms with Gasteiger partial charge in [0.25, 0.3) is 0 Å². The number of hydrogen-bond donors (Lipinski definition) is 2. The number of amides is 3. The lowest BCUT2D eigenvalue weighted by Gasteiger charge is -2.35. The third kappa shape index (κ3) is 7.20. The Morgan fingerprint density at radius 3 is 2.60 bits per heavy atom. The summed E-state index contributed by atoms with van der Waals surface area (Å²) in [6.45, 7) is 10.7. The van der Waals surface area contributed by atoms with Gasteiger partial charge >= 0.3 is 6.03 Å². The van der Waals surface area contributed by atoms with Crippen LogP contribution in [0.15, 0.2) is 0 Å². The fourth-order valence-corrected chi connectivity index (χ4v) is 3.53. The molecule has 0 aliphatic carbocycles. The number of carbonyl (C=O) groups is 2. The summed E-state index contributed by atoms with van der Waals surface area (Å²) >= 11 is 0. The zero-order valence-corrected chi connectivity index (χ0v) is 15.8. The van der Waals surface area contributed by atoms with Crippen molar-refractivity contribution in [1.29, 1.82) is 0 Å². The molecule has 0 aromatic carbocycles. The van der Waals surface area contributed by atoms with Crippen LogP contribution in [0.4, 0.5) is 4.79 Å².